The fourth-order valence-electron chi connectivity index (χ4n) is 3.25. The lowest BCUT2D eigenvalue weighted by Crippen LogP contribution is -2.36. The average Bonchev–Trinajstić information content (AvgIpc) is 3.45. The molecule has 1 aliphatic carbocycles. The predicted molar refractivity (Wildman–Crippen MR) is 107 cm³/mol. The molecule has 0 radical (unpaired) electrons. The number of carbonyl (C=O) groups excluding carboxylic acids is 2. The van der Waals surface area contributed by atoms with Gasteiger partial charge in [0.2, 0.25) is 11.8 Å². The molecule has 3 rings (SSSR count). The summed E-state index contributed by atoms with van der Waals surface area (Å²) >= 11 is 0. The van der Waals surface area contributed by atoms with E-state index in [0.717, 1.165) is 16.8 Å². The van der Waals surface area contributed by atoms with Crippen LogP contribution >= 0.6 is 0 Å². The molecule has 142 valence electrons. The molecule has 2 N–H and O–H groups in total. The van der Waals surface area contributed by atoms with Crippen LogP contribution in [0.15, 0.2) is 42.5 Å². The monoisotopic (exact) mass is 366 g/mol. The largest absolute Gasteiger partial charge is 0.495 e. The summed E-state index contributed by atoms with van der Waals surface area (Å²) in [5.41, 5.74) is 2.44. The molecule has 1 aliphatic rings. The minimum atomic E-state index is -1.02. The third-order valence-corrected chi connectivity index (χ3v) is 5.14. The summed E-state index contributed by atoms with van der Waals surface area (Å²) in [4.78, 5) is 25.9. The van der Waals surface area contributed by atoms with Gasteiger partial charge in [0.25, 0.3) is 0 Å². The van der Waals surface area contributed by atoms with Crippen LogP contribution in [0, 0.1) is 12.3 Å². The van der Waals surface area contributed by atoms with Crippen molar-refractivity contribution in [2.45, 2.75) is 39.5 Å². The number of ether oxygens (including phenoxy) is 1. The molecule has 5 nitrogen and oxygen atoms in total. The van der Waals surface area contributed by atoms with Crippen LogP contribution in [0.3, 0.4) is 0 Å². The Balaban J connectivity index is 1.80. The number of para-hydroxylation sites is 3. The molecule has 5 heteroatoms. The summed E-state index contributed by atoms with van der Waals surface area (Å²) < 4.78 is 5.28. The number of hydrogen-bond acceptors (Lipinski definition) is 3. The van der Waals surface area contributed by atoms with Gasteiger partial charge in [0, 0.05) is 5.69 Å². The smallest absolute Gasteiger partial charge is 0.240 e. The highest BCUT2D eigenvalue weighted by atomic mass is 16.5. The Morgan fingerprint density at radius 1 is 1.00 bits per heavy atom. The summed E-state index contributed by atoms with van der Waals surface area (Å²) in [6, 6.07) is 13.2. The highest BCUT2D eigenvalue weighted by molar-refractivity contribution is 6.17. The second-order valence-corrected chi connectivity index (χ2v) is 7.38. The SMILES string of the molecule is COc1ccccc1NC(=O)C1(C(=O)Nc2c(C)cccc2C(C)C)CC1. The van der Waals surface area contributed by atoms with E-state index in [2.05, 4.69) is 24.5 Å². The van der Waals surface area contributed by atoms with Gasteiger partial charge in [0.05, 0.1) is 12.8 Å². The van der Waals surface area contributed by atoms with Gasteiger partial charge in [-0.1, -0.05) is 44.2 Å². The van der Waals surface area contributed by atoms with Crippen LogP contribution < -0.4 is 15.4 Å². The number of nitrogens with one attached hydrogen (secondary N) is 2. The number of amides is 2. The highest BCUT2D eigenvalue weighted by Crippen LogP contribution is 2.48. The standard InChI is InChI=1S/C22H26N2O3/c1-14(2)16-9-7-8-15(3)19(16)24-21(26)22(12-13-22)20(25)23-17-10-5-6-11-18(17)27-4/h5-11,14H,12-13H2,1-4H3,(H,23,25)(H,24,26). The number of aryl methyl sites for hydroxylation is 1. The Morgan fingerprint density at radius 3 is 2.30 bits per heavy atom. The number of benzene rings is 2. The molecular formula is C22H26N2O3. The normalized spacial score (nSPS) is 14.6. The minimum absolute atomic E-state index is 0.244. The van der Waals surface area contributed by atoms with Gasteiger partial charge in [-0.15, -0.1) is 0 Å². The fraction of sp³-hybridized carbons (Fsp3) is 0.364. The van der Waals surface area contributed by atoms with Crippen LogP contribution in [0.5, 0.6) is 5.75 Å². The number of hydrogen-bond donors (Lipinski definition) is 2. The van der Waals surface area contributed by atoms with Crippen molar-refractivity contribution in [3.8, 4) is 5.75 Å². The van der Waals surface area contributed by atoms with E-state index in [-0.39, 0.29) is 17.7 Å². The number of anilines is 2. The summed E-state index contributed by atoms with van der Waals surface area (Å²) in [6.07, 6.45) is 1.09. The first-order chi connectivity index (χ1) is 12.9. The quantitative estimate of drug-likeness (QED) is 0.741. The van der Waals surface area contributed by atoms with Crippen molar-refractivity contribution in [1.29, 1.82) is 0 Å². The molecule has 0 aliphatic heterocycles. The van der Waals surface area contributed by atoms with Crippen molar-refractivity contribution in [2.24, 2.45) is 5.41 Å². The lowest BCUT2D eigenvalue weighted by atomic mass is 9.97. The third-order valence-electron chi connectivity index (χ3n) is 5.14. The Labute approximate surface area is 160 Å². The van der Waals surface area contributed by atoms with Gasteiger partial charge in [-0.05, 0) is 48.9 Å². The van der Waals surface area contributed by atoms with E-state index >= 15 is 0 Å². The zero-order valence-corrected chi connectivity index (χ0v) is 16.3. The molecule has 0 saturated heterocycles. The van der Waals surface area contributed by atoms with Gasteiger partial charge < -0.3 is 15.4 Å². The van der Waals surface area contributed by atoms with Crippen LogP contribution in [0.1, 0.15) is 43.7 Å². The Bertz CT molecular complexity index is 870. The molecule has 27 heavy (non-hydrogen) atoms. The van der Waals surface area contributed by atoms with Gasteiger partial charge in [-0.2, -0.15) is 0 Å². The topological polar surface area (TPSA) is 67.4 Å². The number of rotatable bonds is 6. The molecule has 1 fully saturated rings. The first-order valence-electron chi connectivity index (χ1n) is 9.24. The molecule has 2 amide bonds. The van der Waals surface area contributed by atoms with Crippen LogP contribution in [0.2, 0.25) is 0 Å². The maximum atomic E-state index is 13.0. The van der Waals surface area contributed by atoms with Crippen molar-refractivity contribution in [3.05, 3.63) is 53.6 Å². The second-order valence-electron chi connectivity index (χ2n) is 7.38. The van der Waals surface area contributed by atoms with E-state index in [1.807, 2.05) is 37.3 Å². The minimum Gasteiger partial charge on any atom is -0.495 e. The van der Waals surface area contributed by atoms with E-state index < -0.39 is 5.41 Å². The maximum absolute atomic E-state index is 13.0. The highest BCUT2D eigenvalue weighted by Gasteiger charge is 2.56. The van der Waals surface area contributed by atoms with Gasteiger partial charge in [-0.3, -0.25) is 9.59 Å². The van der Waals surface area contributed by atoms with Crippen molar-refractivity contribution in [1.82, 2.24) is 0 Å². The maximum Gasteiger partial charge on any atom is 0.240 e. The van der Waals surface area contributed by atoms with Crippen LogP contribution in [-0.4, -0.2) is 18.9 Å². The summed E-state index contributed by atoms with van der Waals surface area (Å²) in [6.45, 7) is 6.15. The zero-order chi connectivity index (χ0) is 19.6. The van der Waals surface area contributed by atoms with Gasteiger partial charge in [0.15, 0.2) is 0 Å². The van der Waals surface area contributed by atoms with Crippen LogP contribution in [-0.2, 0) is 9.59 Å². The van der Waals surface area contributed by atoms with Crippen molar-refractivity contribution < 1.29 is 14.3 Å². The van der Waals surface area contributed by atoms with Crippen LogP contribution in [0.25, 0.3) is 0 Å². The molecular weight excluding hydrogens is 340 g/mol. The van der Waals surface area contributed by atoms with Gasteiger partial charge >= 0.3 is 0 Å². The molecule has 0 atom stereocenters. The second kappa shape index (κ2) is 7.43. The first kappa shape index (κ1) is 19.0. The fourth-order valence-corrected chi connectivity index (χ4v) is 3.25. The number of methoxy groups -OCH3 is 1. The lowest BCUT2D eigenvalue weighted by molar-refractivity contribution is -0.131. The first-order valence-corrected chi connectivity index (χ1v) is 9.24. The average molecular weight is 366 g/mol. The molecule has 2 aromatic rings. The Hall–Kier alpha value is -2.82. The van der Waals surface area contributed by atoms with E-state index in [0.29, 0.717) is 24.3 Å². The van der Waals surface area contributed by atoms with Crippen molar-refractivity contribution in [3.63, 3.8) is 0 Å². The molecule has 0 aromatic heterocycles. The molecule has 0 bridgehead atoms. The Morgan fingerprint density at radius 2 is 1.67 bits per heavy atom. The van der Waals surface area contributed by atoms with Crippen molar-refractivity contribution in [2.75, 3.05) is 17.7 Å². The van der Waals surface area contributed by atoms with E-state index in [1.165, 1.54) is 0 Å². The number of carbonyl (C=O) groups is 2. The van der Waals surface area contributed by atoms with E-state index in [4.69, 9.17) is 4.74 Å². The lowest BCUT2D eigenvalue weighted by Gasteiger charge is -2.20. The summed E-state index contributed by atoms with van der Waals surface area (Å²) in [5, 5.41) is 5.89. The third kappa shape index (κ3) is 3.68. The molecule has 0 heterocycles. The molecule has 0 unspecified atom stereocenters. The summed E-state index contributed by atoms with van der Waals surface area (Å²) in [7, 11) is 1.55. The van der Waals surface area contributed by atoms with E-state index in [1.54, 1.807) is 19.2 Å². The van der Waals surface area contributed by atoms with Crippen LogP contribution in [0.4, 0.5) is 11.4 Å². The molecule has 2 aromatic carbocycles. The van der Waals surface area contributed by atoms with Gasteiger partial charge in [0.1, 0.15) is 11.2 Å². The Kier molecular flexibility index (Phi) is 5.22. The van der Waals surface area contributed by atoms with Crippen molar-refractivity contribution >= 4 is 23.2 Å². The van der Waals surface area contributed by atoms with Gasteiger partial charge in [-0.25, -0.2) is 0 Å². The predicted octanol–water partition coefficient (Wildman–Crippen LogP) is 4.48. The molecule has 0 spiro atoms. The molecule has 1 saturated carbocycles. The van der Waals surface area contributed by atoms with E-state index in [9.17, 15) is 9.59 Å². The zero-order valence-electron chi connectivity index (χ0n) is 16.3. The summed E-state index contributed by atoms with van der Waals surface area (Å²) in [5.74, 6) is 0.316.